The molecule has 0 unspecified atom stereocenters. The highest BCUT2D eigenvalue weighted by molar-refractivity contribution is 5.37. The molecule has 2 aromatic rings. The highest BCUT2D eigenvalue weighted by Crippen LogP contribution is 2.28. The molecule has 1 aromatic carbocycles. The van der Waals surface area contributed by atoms with E-state index in [1.54, 1.807) is 0 Å². The van der Waals surface area contributed by atoms with E-state index >= 15 is 0 Å². The molecule has 3 rings (SSSR count). The number of imidazole rings is 1. The lowest BCUT2D eigenvalue weighted by Crippen LogP contribution is -2.11. The summed E-state index contributed by atoms with van der Waals surface area (Å²) in [5.41, 5.74) is 8.62. The van der Waals surface area contributed by atoms with Gasteiger partial charge in [-0.3, -0.25) is 0 Å². The fraction of sp³-hybridized carbons (Fsp3) is 0.471. The van der Waals surface area contributed by atoms with Crippen LogP contribution in [0.5, 0.6) is 0 Å². The van der Waals surface area contributed by atoms with Crippen molar-refractivity contribution in [2.24, 2.45) is 5.92 Å². The van der Waals surface area contributed by atoms with Crippen LogP contribution in [0.4, 0.5) is 5.82 Å². The van der Waals surface area contributed by atoms with Crippen LogP contribution in [0.2, 0.25) is 0 Å². The molecule has 0 atom stereocenters. The number of hydrogen-bond acceptors (Lipinski definition) is 2. The molecular formula is C17H23N3. The summed E-state index contributed by atoms with van der Waals surface area (Å²) in [7, 11) is 0. The maximum atomic E-state index is 6.27. The van der Waals surface area contributed by atoms with Gasteiger partial charge in [-0.15, -0.1) is 0 Å². The first-order chi connectivity index (χ1) is 9.83. The van der Waals surface area contributed by atoms with E-state index in [1.165, 1.54) is 37.7 Å². The van der Waals surface area contributed by atoms with E-state index in [2.05, 4.69) is 33.8 Å². The van der Waals surface area contributed by atoms with Gasteiger partial charge < -0.3 is 10.3 Å². The number of benzene rings is 1. The average Bonchev–Trinajstić information content (AvgIpc) is 2.83. The van der Waals surface area contributed by atoms with Gasteiger partial charge in [0.25, 0.3) is 0 Å². The molecule has 0 spiro atoms. The first-order valence-electron chi connectivity index (χ1n) is 7.66. The molecule has 2 N–H and O–H groups in total. The lowest BCUT2D eigenvalue weighted by molar-refractivity contribution is 0.355. The number of rotatable bonds is 4. The Hall–Kier alpha value is -1.77. The Morgan fingerprint density at radius 2 is 1.85 bits per heavy atom. The predicted molar refractivity (Wildman–Crippen MR) is 82.5 cm³/mol. The molecule has 106 valence electrons. The second kappa shape index (κ2) is 6.12. The van der Waals surface area contributed by atoms with E-state index in [4.69, 9.17) is 5.73 Å². The third kappa shape index (κ3) is 3.03. The molecule has 1 aromatic heterocycles. The van der Waals surface area contributed by atoms with Gasteiger partial charge in [-0.1, -0.05) is 62.4 Å². The van der Waals surface area contributed by atoms with E-state index in [9.17, 15) is 0 Å². The maximum Gasteiger partial charge on any atom is 0.126 e. The summed E-state index contributed by atoms with van der Waals surface area (Å²) >= 11 is 0. The second-order valence-corrected chi connectivity index (χ2v) is 5.90. The number of aromatic nitrogens is 2. The highest BCUT2D eigenvalue weighted by Gasteiger charge is 2.17. The first kappa shape index (κ1) is 13.2. The molecule has 1 saturated carbocycles. The summed E-state index contributed by atoms with van der Waals surface area (Å²) in [6, 6.07) is 10.4. The van der Waals surface area contributed by atoms with Gasteiger partial charge >= 0.3 is 0 Å². The van der Waals surface area contributed by atoms with Crippen molar-refractivity contribution in [1.82, 2.24) is 9.55 Å². The first-order valence-corrected chi connectivity index (χ1v) is 7.66. The van der Waals surface area contributed by atoms with Crippen molar-refractivity contribution >= 4 is 5.82 Å². The molecule has 20 heavy (non-hydrogen) atoms. The normalized spacial score (nSPS) is 16.4. The van der Waals surface area contributed by atoms with Gasteiger partial charge in [-0.25, -0.2) is 4.98 Å². The average molecular weight is 269 g/mol. The lowest BCUT2D eigenvalue weighted by atomic mass is 9.86. The van der Waals surface area contributed by atoms with Crippen LogP contribution in [0.1, 0.15) is 43.4 Å². The number of nitrogens with two attached hydrogens (primary N) is 1. The number of nitrogens with zero attached hydrogens (tertiary/aromatic N) is 2. The fourth-order valence-electron chi connectivity index (χ4n) is 3.16. The quantitative estimate of drug-likeness (QED) is 0.921. The summed E-state index contributed by atoms with van der Waals surface area (Å²) in [6.07, 6.45) is 9.75. The Labute approximate surface area is 120 Å². The Morgan fingerprint density at radius 3 is 2.60 bits per heavy atom. The van der Waals surface area contributed by atoms with Crippen molar-refractivity contribution in [1.29, 1.82) is 0 Å². The smallest absolute Gasteiger partial charge is 0.126 e. The molecule has 3 heteroatoms. The number of anilines is 1. The minimum Gasteiger partial charge on any atom is -0.384 e. The summed E-state index contributed by atoms with van der Waals surface area (Å²) in [5.74, 6) is 1.63. The molecular weight excluding hydrogens is 246 g/mol. The Balaban J connectivity index is 1.68. The van der Waals surface area contributed by atoms with Crippen molar-refractivity contribution < 1.29 is 0 Å². The molecule has 1 fully saturated rings. The Bertz CT molecular complexity index is 539. The third-order valence-corrected chi connectivity index (χ3v) is 4.36. The SMILES string of the molecule is Nc1c(CC2CCCCC2)ncn1Cc1ccccc1. The van der Waals surface area contributed by atoms with Gasteiger partial charge in [0.15, 0.2) is 0 Å². The van der Waals surface area contributed by atoms with Crippen LogP contribution >= 0.6 is 0 Å². The van der Waals surface area contributed by atoms with E-state index < -0.39 is 0 Å². The van der Waals surface area contributed by atoms with Gasteiger partial charge in [0.05, 0.1) is 18.6 Å². The standard InChI is InChI=1S/C17H23N3/c18-17-16(11-14-7-3-1-4-8-14)19-13-20(17)12-15-9-5-2-6-10-15/h2,5-6,9-10,13-14H,1,3-4,7-8,11-12,18H2. The lowest BCUT2D eigenvalue weighted by Gasteiger charge is -2.20. The minimum atomic E-state index is 0.783. The summed E-state index contributed by atoms with van der Waals surface area (Å²) < 4.78 is 2.06. The minimum absolute atomic E-state index is 0.783. The fourth-order valence-corrected chi connectivity index (χ4v) is 3.16. The van der Waals surface area contributed by atoms with Crippen LogP contribution < -0.4 is 5.73 Å². The van der Waals surface area contributed by atoms with Crippen molar-refractivity contribution in [2.45, 2.75) is 45.1 Å². The Morgan fingerprint density at radius 1 is 1.10 bits per heavy atom. The molecule has 0 radical (unpaired) electrons. The zero-order valence-electron chi connectivity index (χ0n) is 12.0. The largest absolute Gasteiger partial charge is 0.384 e. The molecule has 0 aliphatic heterocycles. The highest BCUT2D eigenvalue weighted by atomic mass is 15.1. The zero-order valence-corrected chi connectivity index (χ0v) is 12.0. The van der Waals surface area contributed by atoms with Crippen LogP contribution in [0.15, 0.2) is 36.7 Å². The van der Waals surface area contributed by atoms with Gasteiger partial charge in [-0.2, -0.15) is 0 Å². The molecule has 1 heterocycles. The molecule has 0 saturated heterocycles. The van der Waals surface area contributed by atoms with Crippen molar-refractivity contribution in [3.8, 4) is 0 Å². The molecule has 0 bridgehead atoms. The number of hydrogen-bond donors (Lipinski definition) is 1. The van der Waals surface area contributed by atoms with E-state index in [1.807, 2.05) is 12.4 Å². The maximum absolute atomic E-state index is 6.27. The Kier molecular flexibility index (Phi) is 4.05. The number of nitrogen functional groups attached to an aromatic ring is 1. The van der Waals surface area contributed by atoms with Crippen molar-refractivity contribution in [3.05, 3.63) is 47.9 Å². The van der Waals surface area contributed by atoms with Crippen molar-refractivity contribution in [3.63, 3.8) is 0 Å². The van der Waals surface area contributed by atoms with E-state index in [0.29, 0.717) is 0 Å². The van der Waals surface area contributed by atoms with E-state index in [0.717, 1.165) is 30.4 Å². The molecule has 0 amide bonds. The summed E-state index contributed by atoms with van der Waals surface area (Å²) in [4.78, 5) is 4.54. The molecule has 1 aliphatic rings. The van der Waals surface area contributed by atoms with Gasteiger partial charge in [0.1, 0.15) is 5.82 Å². The topological polar surface area (TPSA) is 43.8 Å². The van der Waals surface area contributed by atoms with Crippen molar-refractivity contribution in [2.75, 3.05) is 5.73 Å². The van der Waals surface area contributed by atoms with Gasteiger partial charge in [0.2, 0.25) is 0 Å². The molecule has 3 nitrogen and oxygen atoms in total. The van der Waals surface area contributed by atoms with Crippen LogP contribution in [0.25, 0.3) is 0 Å². The molecule has 1 aliphatic carbocycles. The second-order valence-electron chi connectivity index (χ2n) is 5.90. The summed E-state index contributed by atoms with van der Waals surface area (Å²) in [5, 5.41) is 0. The van der Waals surface area contributed by atoms with Crippen LogP contribution in [0, 0.1) is 5.92 Å². The summed E-state index contributed by atoms with van der Waals surface area (Å²) in [6.45, 7) is 0.810. The third-order valence-electron chi connectivity index (χ3n) is 4.36. The van der Waals surface area contributed by atoms with Crippen LogP contribution in [-0.2, 0) is 13.0 Å². The monoisotopic (exact) mass is 269 g/mol. The van der Waals surface area contributed by atoms with Gasteiger partial charge in [0, 0.05) is 0 Å². The van der Waals surface area contributed by atoms with Crippen LogP contribution in [0.3, 0.4) is 0 Å². The van der Waals surface area contributed by atoms with Gasteiger partial charge in [-0.05, 0) is 17.9 Å². The van der Waals surface area contributed by atoms with E-state index in [-0.39, 0.29) is 0 Å². The zero-order chi connectivity index (χ0) is 13.8. The van der Waals surface area contributed by atoms with Crippen LogP contribution in [-0.4, -0.2) is 9.55 Å². The predicted octanol–water partition coefficient (Wildman–Crippen LogP) is 3.64.